The molecule has 0 spiro atoms. The largest absolute Gasteiger partial charge is 0.481 e. The van der Waals surface area contributed by atoms with Gasteiger partial charge >= 0.3 is 5.97 Å². The lowest BCUT2D eigenvalue weighted by atomic mass is 9.93. The highest BCUT2D eigenvalue weighted by molar-refractivity contribution is 5.73. The molecule has 0 unspecified atom stereocenters. The standard InChI is InChI=1S/C11H21NO3/c1-11(2,10(13)14)8-12-7-9-3-5-15-6-4-9/h9,12H,3-8H2,1-2H3,(H,13,14). The van der Waals surface area contributed by atoms with Crippen molar-refractivity contribution in [3.63, 3.8) is 0 Å². The summed E-state index contributed by atoms with van der Waals surface area (Å²) in [6.45, 7) is 6.60. The van der Waals surface area contributed by atoms with Gasteiger partial charge < -0.3 is 15.2 Å². The van der Waals surface area contributed by atoms with E-state index in [0.29, 0.717) is 12.5 Å². The van der Waals surface area contributed by atoms with Crippen LogP contribution in [0.4, 0.5) is 0 Å². The van der Waals surface area contributed by atoms with Crippen molar-refractivity contribution in [2.45, 2.75) is 26.7 Å². The van der Waals surface area contributed by atoms with Crippen LogP contribution in [0.5, 0.6) is 0 Å². The van der Waals surface area contributed by atoms with Crippen LogP contribution in [-0.2, 0) is 9.53 Å². The summed E-state index contributed by atoms with van der Waals surface area (Å²) in [4.78, 5) is 10.8. The van der Waals surface area contributed by atoms with Gasteiger partial charge in [0.05, 0.1) is 5.41 Å². The summed E-state index contributed by atoms with van der Waals surface area (Å²) in [7, 11) is 0. The molecule has 1 fully saturated rings. The topological polar surface area (TPSA) is 58.6 Å². The second kappa shape index (κ2) is 5.47. The van der Waals surface area contributed by atoms with Crippen LogP contribution in [0.15, 0.2) is 0 Å². The third-order valence-electron chi connectivity index (χ3n) is 2.92. The Morgan fingerprint density at radius 3 is 2.60 bits per heavy atom. The van der Waals surface area contributed by atoms with Crippen LogP contribution in [0.25, 0.3) is 0 Å². The Morgan fingerprint density at radius 1 is 1.47 bits per heavy atom. The fourth-order valence-corrected chi connectivity index (χ4v) is 1.61. The Hall–Kier alpha value is -0.610. The molecule has 0 aromatic carbocycles. The summed E-state index contributed by atoms with van der Waals surface area (Å²) in [5.74, 6) is -0.106. The first-order valence-corrected chi connectivity index (χ1v) is 5.54. The number of rotatable bonds is 5. The Labute approximate surface area is 91.0 Å². The number of hydrogen-bond donors (Lipinski definition) is 2. The predicted octanol–water partition coefficient (Wildman–Crippen LogP) is 1.11. The molecule has 0 radical (unpaired) electrons. The summed E-state index contributed by atoms with van der Waals surface area (Å²) < 4.78 is 5.26. The minimum atomic E-state index is -0.748. The van der Waals surface area contributed by atoms with E-state index in [1.807, 2.05) is 0 Å². The highest BCUT2D eigenvalue weighted by atomic mass is 16.5. The first-order valence-electron chi connectivity index (χ1n) is 5.54. The molecule has 88 valence electrons. The first-order chi connectivity index (χ1) is 7.02. The van der Waals surface area contributed by atoms with Gasteiger partial charge in [0.25, 0.3) is 0 Å². The summed E-state index contributed by atoms with van der Waals surface area (Å²) >= 11 is 0. The zero-order valence-electron chi connectivity index (χ0n) is 9.58. The average molecular weight is 215 g/mol. The minimum absolute atomic E-state index is 0.527. The molecule has 0 aromatic heterocycles. The highest BCUT2D eigenvalue weighted by Crippen LogP contribution is 2.16. The molecule has 1 rings (SSSR count). The van der Waals surface area contributed by atoms with Gasteiger partial charge in [0, 0.05) is 19.8 Å². The van der Waals surface area contributed by atoms with Crippen LogP contribution >= 0.6 is 0 Å². The maximum atomic E-state index is 10.8. The third kappa shape index (κ3) is 4.18. The van der Waals surface area contributed by atoms with Gasteiger partial charge in [0.2, 0.25) is 0 Å². The minimum Gasteiger partial charge on any atom is -0.481 e. The second-order valence-corrected chi connectivity index (χ2v) is 4.88. The summed E-state index contributed by atoms with van der Waals surface area (Å²) in [6.07, 6.45) is 2.17. The number of carboxylic acid groups (broad SMARTS) is 1. The van der Waals surface area contributed by atoms with E-state index in [9.17, 15) is 4.79 Å². The zero-order valence-corrected chi connectivity index (χ0v) is 9.58. The molecule has 0 bridgehead atoms. The molecule has 15 heavy (non-hydrogen) atoms. The lowest BCUT2D eigenvalue weighted by Crippen LogP contribution is -2.38. The Balaban J connectivity index is 2.17. The van der Waals surface area contributed by atoms with Gasteiger partial charge in [0.1, 0.15) is 0 Å². The van der Waals surface area contributed by atoms with Crippen molar-refractivity contribution in [3.8, 4) is 0 Å². The molecule has 0 aromatic rings. The van der Waals surface area contributed by atoms with Crippen molar-refractivity contribution in [2.24, 2.45) is 11.3 Å². The molecule has 1 aliphatic rings. The monoisotopic (exact) mass is 215 g/mol. The van der Waals surface area contributed by atoms with Gasteiger partial charge in [0.15, 0.2) is 0 Å². The molecule has 0 amide bonds. The van der Waals surface area contributed by atoms with Crippen molar-refractivity contribution in [2.75, 3.05) is 26.3 Å². The second-order valence-electron chi connectivity index (χ2n) is 4.88. The Bertz CT molecular complexity index is 210. The number of carboxylic acids is 1. The summed E-state index contributed by atoms with van der Waals surface area (Å²) in [5, 5.41) is 12.2. The fourth-order valence-electron chi connectivity index (χ4n) is 1.61. The molecule has 4 nitrogen and oxygen atoms in total. The number of aliphatic carboxylic acids is 1. The Morgan fingerprint density at radius 2 is 2.07 bits per heavy atom. The molecule has 1 saturated heterocycles. The highest BCUT2D eigenvalue weighted by Gasteiger charge is 2.26. The van der Waals surface area contributed by atoms with E-state index in [0.717, 1.165) is 32.6 Å². The summed E-state index contributed by atoms with van der Waals surface area (Å²) in [5.41, 5.74) is -0.675. The lowest BCUT2D eigenvalue weighted by molar-refractivity contribution is -0.146. The van der Waals surface area contributed by atoms with E-state index in [-0.39, 0.29) is 0 Å². The molecular formula is C11H21NO3. The SMILES string of the molecule is CC(C)(CNCC1CCOCC1)C(=O)O. The van der Waals surface area contributed by atoms with E-state index < -0.39 is 11.4 Å². The number of carbonyl (C=O) groups is 1. The Kier molecular flexibility index (Phi) is 4.54. The normalized spacial score (nSPS) is 19.1. The van der Waals surface area contributed by atoms with Crippen LogP contribution in [0, 0.1) is 11.3 Å². The lowest BCUT2D eigenvalue weighted by Gasteiger charge is -2.25. The maximum absolute atomic E-state index is 10.8. The predicted molar refractivity (Wildman–Crippen MR) is 57.8 cm³/mol. The van der Waals surface area contributed by atoms with E-state index in [2.05, 4.69) is 5.32 Å². The van der Waals surface area contributed by atoms with Crippen molar-refractivity contribution in [1.82, 2.24) is 5.32 Å². The van der Waals surface area contributed by atoms with Gasteiger partial charge in [-0.15, -0.1) is 0 Å². The molecule has 1 heterocycles. The molecule has 2 N–H and O–H groups in total. The van der Waals surface area contributed by atoms with Crippen LogP contribution in [0.2, 0.25) is 0 Å². The van der Waals surface area contributed by atoms with Crippen LogP contribution < -0.4 is 5.32 Å². The van der Waals surface area contributed by atoms with Gasteiger partial charge in [-0.05, 0) is 39.2 Å². The quantitative estimate of drug-likeness (QED) is 0.721. The molecular weight excluding hydrogens is 194 g/mol. The van der Waals surface area contributed by atoms with E-state index in [4.69, 9.17) is 9.84 Å². The van der Waals surface area contributed by atoms with Crippen molar-refractivity contribution in [3.05, 3.63) is 0 Å². The van der Waals surface area contributed by atoms with Crippen LogP contribution in [0.3, 0.4) is 0 Å². The van der Waals surface area contributed by atoms with E-state index >= 15 is 0 Å². The van der Waals surface area contributed by atoms with Crippen molar-refractivity contribution < 1.29 is 14.6 Å². The van der Waals surface area contributed by atoms with Gasteiger partial charge in [-0.25, -0.2) is 0 Å². The van der Waals surface area contributed by atoms with Gasteiger partial charge in [-0.2, -0.15) is 0 Å². The average Bonchev–Trinajstić information content (AvgIpc) is 2.19. The van der Waals surface area contributed by atoms with E-state index in [1.165, 1.54) is 0 Å². The smallest absolute Gasteiger partial charge is 0.310 e. The van der Waals surface area contributed by atoms with Gasteiger partial charge in [-0.1, -0.05) is 0 Å². The zero-order chi connectivity index (χ0) is 11.3. The fraction of sp³-hybridized carbons (Fsp3) is 0.909. The molecule has 4 heteroatoms. The summed E-state index contributed by atoms with van der Waals surface area (Å²) in [6, 6.07) is 0. The van der Waals surface area contributed by atoms with E-state index in [1.54, 1.807) is 13.8 Å². The van der Waals surface area contributed by atoms with Crippen molar-refractivity contribution in [1.29, 1.82) is 0 Å². The number of ether oxygens (including phenoxy) is 1. The van der Waals surface area contributed by atoms with Crippen LogP contribution in [0.1, 0.15) is 26.7 Å². The molecule has 0 atom stereocenters. The first kappa shape index (κ1) is 12.5. The molecule has 1 aliphatic heterocycles. The third-order valence-corrected chi connectivity index (χ3v) is 2.92. The van der Waals surface area contributed by atoms with Crippen LogP contribution in [-0.4, -0.2) is 37.4 Å². The maximum Gasteiger partial charge on any atom is 0.310 e. The van der Waals surface area contributed by atoms with Gasteiger partial charge in [-0.3, -0.25) is 4.79 Å². The van der Waals surface area contributed by atoms with Crippen molar-refractivity contribution >= 4 is 5.97 Å². The molecule has 0 saturated carbocycles. The molecule has 0 aliphatic carbocycles. The number of nitrogens with one attached hydrogen (secondary N) is 1. The number of hydrogen-bond acceptors (Lipinski definition) is 3.